The second kappa shape index (κ2) is 10.0. The van der Waals surface area contributed by atoms with Crippen molar-refractivity contribution in [1.82, 2.24) is 15.1 Å². The first-order chi connectivity index (χ1) is 14.4. The van der Waals surface area contributed by atoms with Gasteiger partial charge in [0.2, 0.25) is 5.91 Å². The van der Waals surface area contributed by atoms with E-state index in [1.54, 1.807) is 0 Å². The highest BCUT2D eigenvalue weighted by Gasteiger charge is 2.20. The monoisotopic (exact) mass is 405 g/mol. The second-order valence-corrected chi connectivity index (χ2v) is 7.68. The summed E-state index contributed by atoms with van der Waals surface area (Å²) in [5, 5.41) is 14.0. The highest BCUT2D eigenvalue weighted by Crippen LogP contribution is 2.15. The number of rotatable bonds is 5. The van der Waals surface area contributed by atoms with Gasteiger partial charge >= 0.3 is 6.03 Å². The first-order valence-electron chi connectivity index (χ1n) is 10.0. The van der Waals surface area contributed by atoms with Gasteiger partial charge in [-0.15, -0.1) is 0 Å². The lowest BCUT2D eigenvalue weighted by molar-refractivity contribution is -0.121. The molecule has 0 bridgehead atoms. The van der Waals surface area contributed by atoms with Gasteiger partial charge in [0.15, 0.2) is 0 Å². The van der Waals surface area contributed by atoms with E-state index in [1.165, 1.54) is 5.56 Å². The van der Waals surface area contributed by atoms with Gasteiger partial charge in [-0.1, -0.05) is 29.8 Å². The van der Waals surface area contributed by atoms with Crippen LogP contribution in [0.2, 0.25) is 0 Å². The summed E-state index contributed by atoms with van der Waals surface area (Å²) in [5.74, 6) is -0.308. The van der Waals surface area contributed by atoms with Crippen LogP contribution in [-0.2, 0) is 11.3 Å². The fraction of sp³-hybridized carbons (Fsp3) is 0.348. The fourth-order valence-electron chi connectivity index (χ4n) is 3.53. The Morgan fingerprint density at radius 2 is 1.67 bits per heavy atom. The predicted octanol–water partition coefficient (Wildman–Crippen LogP) is 2.64. The van der Waals surface area contributed by atoms with Crippen molar-refractivity contribution in [3.8, 4) is 6.07 Å². The van der Waals surface area contributed by atoms with E-state index in [1.807, 2.05) is 56.3 Å². The number of imide groups is 1. The van der Waals surface area contributed by atoms with Gasteiger partial charge in [-0.05, 0) is 43.2 Å². The van der Waals surface area contributed by atoms with Crippen molar-refractivity contribution in [3.63, 3.8) is 0 Å². The molecule has 3 rings (SSSR count). The minimum atomic E-state index is -0.508. The Bertz CT molecular complexity index is 941. The van der Waals surface area contributed by atoms with Gasteiger partial charge in [0.25, 0.3) is 0 Å². The lowest BCUT2D eigenvalue weighted by Gasteiger charge is -2.34. The molecule has 7 nitrogen and oxygen atoms in total. The van der Waals surface area contributed by atoms with Crippen LogP contribution >= 0.6 is 0 Å². The van der Waals surface area contributed by atoms with E-state index in [0.29, 0.717) is 11.3 Å². The predicted molar refractivity (Wildman–Crippen MR) is 116 cm³/mol. The quantitative estimate of drug-likeness (QED) is 0.798. The highest BCUT2D eigenvalue weighted by atomic mass is 16.2. The Labute approximate surface area is 177 Å². The summed E-state index contributed by atoms with van der Waals surface area (Å²) in [5.41, 5.74) is 4.60. The number of benzene rings is 2. The summed E-state index contributed by atoms with van der Waals surface area (Å²) in [6, 6.07) is 15.0. The summed E-state index contributed by atoms with van der Waals surface area (Å²) in [4.78, 5) is 28.7. The molecule has 156 valence electrons. The third-order valence-electron chi connectivity index (χ3n) is 5.20. The zero-order chi connectivity index (χ0) is 21.5. The molecule has 30 heavy (non-hydrogen) atoms. The molecule has 1 fully saturated rings. The third-order valence-corrected chi connectivity index (χ3v) is 5.20. The molecule has 2 aromatic rings. The lowest BCUT2D eigenvalue weighted by Crippen LogP contribution is -2.50. The number of urea groups is 1. The molecule has 2 N–H and O–H groups in total. The Morgan fingerprint density at radius 3 is 2.30 bits per heavy atom. The van der Waals surface area contributed by atoms with Gasteiger partial charge in [-0.2, -0.15) is 5.26 Å². The number of nitrogens with one attached hydrogen (secondary N) is 2. The molecule has 7 heteroatoms. The van der Waals surface area contributed by atoms with Crippen molar-refractivity contribution in [2.45, 2.75) is 20.4 Å². The molecule has 1 aliphatic rings. The van der Waals surface area contributed by atoms with Crippen LogP contribution in [0, 0.1) is 25.2 Å². The number of carbonyl (C=O) groups excluding carboxylic acids is 2. The molecule has 3 amide bonds. The van der Waals surface area contributed by atoms with Crippen LogP contribution in [0.1, 0.15) is 22.3 Å². The maximum atomic E-state index is 12.2. The van der Waals surface area contributed by atoms with Crippen LogP contribution in [0.15, 0.2) is 42.5 Å². The summed E-state index contributed by atoms with van der Waals surface area (Å²) in [6.45, 7) is 8.16. The Balaban J connectivity index is 1.40. The van der Waals surface area contributed by atoms with E-state index in [-0.39, 0.29) is 12.5 Å². The summed E-state index contributed by atoms with van der Waals surface area (Å²) < 4.78 is 0. The van der Waals surface area contributed by atoms with Crippen LogP contribution in [0.3, 0.4) is 0 Å². The van der Waals surface area contributed by atoms with Crippen LogP contribution in [0.5, 0.6) is 0 Å². The molecular formula is C23H27N5O2. The number of hydrogen-bond acceptors (Lipinski definition) is 5. The van der Waals surface area contributed by atoms with E-state index < -0.39 is 6.03 Å². The average Bonchev–Trinajstić information content (AvgIpc) is 2.72. The maximum Gasteiger partial charge on any atom is 0.325 e. The normalized spacial score (nSPS) is 14.7. The second-order valence-electron chi connectivity index (χ2n) is 7.68. The van der Waals surface area contributed by atoms with Crippen LogP contribution in [0.25, 0.3) is 0 Å². The van der Waals surface area contributed by atoms with Gasteiger partial charge in [-0.25, -0.2) is 4.79 Å². The minimum Gasteiger partial charge on any atom is -0.307 e. The van der Waals surface area contributed by atoms with Crippen LogP contribution in [0.4, 0.5) is 10.5 Å². The van der Waals surface area contributed by atoms with Crippen LogP contribution in [-0.4, -0.2) is 54.5 Å². The number of piperazine rings is 1. The number of nitriles is 1. The van der Waals surface area contributed by atoms with Crippen molar-refractivity contribution < 1.29 is 9.59 Å². The number of nitrogens with zero attached hydrogens (tertiary/aromatic N) is 3. The maximum absolute atomic E-state index is 12.2. The van der Waals surface area contributed by atoms with Gasteiger partial charge in [0.05, 0.1) is 18.2 Å². The fourth-order valence-corrected chi connectivity index (χ4v) is 3.53. The number of amides is 3. The molecule has 0 saturated carbocycles. The van der Waals surface area contributed by atoms with E-state index in [4.69, 9.17) is 5.26 Å². The Kier molecular flexibility index (Phi) is 7.17. The van der Waals surface area contributed by atoms with E-state index in [2.05, 4.69) is 26.5 Å². The number of hydrogen-bond donors (Lipinski definition) is 2. The molecule has 1 saturated heterocycles. The van der Waals surface area contributed by atoms with Crippen molar-refractivity contribution in [2.24, 2.45) is 0 Å². The SMILES string of the molecule is Cc1ccc(NC(=O)NC(=O)CN2CCN(Cc3ccc(C#N)cc3)CC2)c(C)c1. The topological polar surface area (TPSA) is 88.5 Å². The number of carbonyl (C=O) groups is 2. The molecule has 0 unspecified atom stereocenters. The van der Waals surface area contributed by atoms with E-state index in [0.717, 1.165) is 43.9 Å². The molecule has 0 atom stereocenters. The molecule has 0 aliphatic carbocycles. The molecule has 1 aliphatic heterocycles. The molecule has 1 heterocycles. The first-order valence-corrected chi connectivity index (χ1v) is 10.0. The molecule has 0 radical (unpaired) electrons. The standard InChI is InChI=1S/C23H27N5O2/c1-17-3-8-21(18(2)13-17)25-23(30)26-22(29)16-28-11-9-27(10-12-28)15-20-6-4-19(14-24)5-7-20/h3-8,13H,9-12,15-16H2,1-2H3,(H2,25,26,29,30). The summed E-state index contributed by atoms with van der Waals surface area (Å²) >= 11 is 0. The highest BCUT2D eigenvalue weighted by molar-refractivity contribution is 6.02. The molecular weight excluding hydrogens is 378 g/mol. The zero-order valence-corrected chi connectivity index (χ0v) is 17.4. The average molecular weight is 406 g/mol. The minimum absolute atomic E-state index is 0.199. The van der Waals surface area contributed by atoms with E-state index >= 15 is 0 Å². The van der Waals surface area contributed by atoms with Crippen molar-refractivity contribution >= 4 is 17.6 Å². The van der Waals surface area contributed by atoms with Crippen LogP contribution < -0.4 is 10.6 Å². The zero-order valence-electron chi connectivity index (χ0n) is 17.4. The largest absolute Gasteiger partial charge is 0.325 e. The molecule has 0 aromatic heterocycles. The van der Waals surface area contributed by atoms with Gasteiger partial charge < -0.3 is 5.32 Å². The molecule has 2 aromatic carbocycles. The van der Waals surface area contributed by atoms with Gasteiger partial charge in [-0.3, -0.25) is 19.9 Å². The summed E-state index contributed by atoms with van der Waals surface area (Å²) in [7, 11) is 0. The Morgan fingerprint density at radius 1 is 1.00 bits per heavy atom. The van der Waals surface area contributed by atoms with Gasteiger partial charge in [0, 0.05) is 38.4 Å². The third kappa shape index (κ3) is 6.14. The lowest BCUT2D eigenvalue weighted by atomic mass is 10.1. The Hall–Kier alpha value is -3.21. The van der Waals surface area contributed by atoms with Crippen molar-refractivity contribution in [2.75, 3.05) is 38.0 Å². The smallest absolute Gasteiger partial charge is 0.307 e. The number of aryl methyl sites for hydroxylation is 2. The van der Waals surface area contributed by atoms with Gasteiger partial charge in [0.1, 0.15) is 0 Å². The van der Waals surface area contributed by atoms with E-state index in [9.17, 15) is 9.59 Å². The van der Waals surface area contributed by atoms with Crippen molar-refractivity contribution in [1.29, 1.82) is 5.26 Å². The number of anilines is 1. The summed E-state index contributed by atoms with van der Waals surface area (Å²) in [6.07, 6.45) is 0. The molecule has 0 spiro atoms. The van der Waals surface area contributed by atoms with Crippen molar-refractivity contribution in [3.05, 3.63) is 64.7 Å². The first kappa shape index (κ1) is 21.5.